The summed E-state index contributed by atoms with van der Waals surface area (Å²) < 4.78 is 5.11. The van der Waals surface area contributed by atoms with E-state index in [2.05, 4.69) is 5.32 Å². The van der Waals surface area contributed by atoms with Crippen LogP contribution in [0.2, 0.25) is 25.1 Å². The minimum atomic E-state index is -0.785. The fourth-order valence-corrected chi connectivity index (χ4v) is 2.81. The highest BCUT2D eigenvalue weighted by Crippen LogP contribution is 2.48. The average molecular weight is 399 g/mol. The molecule has 0 atom stereocenters. The van der Waals surface area contributed by atoms with Gasteiger partial charge < -0.3 is 4.74 Å². The summed E-state index contributed by atoms with van der Waals surface area (Å²) in [7, 11) is 0. The van der Waals surface area contributed by atoms with Gasteiger partial charge in [-0.3, -0.25) is 5.32 Å². The molecule has 2 rings (SSSR count). The summed E-state index contributed by atoms with van der Waals surface area (Å²) in [4.78, 5) is 12.0. The van der Waals surface area contributed by atoms with E-state index in [1.807, 2.05) is 19.1 Å². The Bertz CT molecular complexity index is 719. The van der Waals surface area contributed by atoms with Gasteiger partial charge in [-0.1, -0.05) is 76.2 Å². The normalized spacial score (nSPS) is 10.5. The fourth-order valence-electron chi connectivity index (χ4n) is 1.62. The highest BCUT2D eigenvalue weighted by Gasteiger charge is 2.22. The standard InChI is InChI=1S/C14H8Cl5NO2/c1-6-4-2-3-5-7(6)20-14(21)22-13-11(18)9(16)8(15)10(17)12(13)19/h2-5H,1H3,(H,20,21). The molecule has 0 saturated heterocycles. The Morgan fingerprint density at radius 1 is 0.909 bits per heavy atom. The molecule has 3 nitrogen and oxygen atoms in total. The topological polar surface area (TPSA) is 38.3 Å². The molecule has 22 heavy (non-hydrogen) atoms. The Labute approximate surface area is 152 Å². The van der Waals surface area contributed by atoms with Crippen molar-refractivity contribution >= 4 is 69.8 Å². The summed E-state index contributed by atoms with van der Waals surface area (Å²) in [6.45, 7) is 1.84. The van der Waals surface area contributed by atoms with E-state index in [0.717, 1.165) is 5.56 Å². The van der Waals surface area contributed by atoms with E-state index in [-0.39, 0.29) is 30.9 Å². The summed E-state index contributed by atoms with van der Waals surface area (Å²) in [5, 5.41) is 2.28. The minimum Gasteiger partial charge on any atom is -0.407 e. The molecular weight excluding hydrogens is 391 g/mol. The predicted molar refractivity (Wildman–Crippen MR) is 92.3 cm³/mol. The largest absolute Gasteiger partial charge is 0.417 e. The third-order valence-corrected chi connectivity index (χ3v) is 4.99. The molecule has 0 heterocycles. The first-order chi connectivity index (χ1) is 10.3. The molecule has 0 aliphatic rings. The second kappa shape index (κ2) is 7.16. The predicted octanol–water partition coefficient (Wildman–Crippen LogP) is 6.87. The minimum absolute atomic E-state index is 0.00926. The molecule has 0 aliphatic carbocycles. The Morgan fingerprint density at radius 3 is 1.95 bits per heavy atom. The first-order valence-corrected chi connectivity index (χ1v) is 7.77. The van der Waals surface area contributed by atoms with Crippen LogP contribution in [-0.2, 0) is 0 Å². The van der Waals surface area contributed by atoms with Gasteiger partial charge in [0, 0.05) is 5.69 Å². The monoisotopic (exact) mass is 397 g/mol. The molecule has 8 heteroatoms. The van der Waals surface area contributed by atoms with Gasteiger partial charge >= 0.3 is 6.09 Å². The maximum Gasteiger partial charge on any atom is 0.417 e. The Kier molecular flexibility index (Phi) is 5.70. The molecule has 0 radical (unpaired) electrons. The number of amides is 1. The second-order valence-electron chi connectivity index (χ2n) is 4.23. The van der Waals surface area contributed by atoms with Crippen LogP contribution in [0.15, 0.2) is 24.3 Å². The lowest BCUT2D eigenvalue weighted by Crippen LogP contribution is -2.18. The highest BCUT2D eigenvalue weighted by molar-refractivity contribution is 6.55. The van der Waals surface area contributed by atoms with Gasteiger partial charge in [0.25, 0.3) is 0 Å². The van der Waals surface area contributed by atoms with E-state index >= 15 is 0 Å². The van der Waals surface area contributed by atoms with Crippen LogP contribution in [0, 0.1) is 6.92 Å². The van der Waals surface area contributed by atoms with Gasteiger partial charge in [0.15, 0.2) is 5.75 Å². The number of aryl methyl sites for hydroxylation is 1. The SMILES string of the molecule is Cc1ccccc1NC(=O)Oc1c(Cl)c(Cl)c(Cl)c(Cl)c1Cl. The van der Waals surface area contributed by atoms with Crippen molar-refractivity contribution in [3.8, 4) is 5.75 Å². The van der Waals surface area contributed by atoms with Crippen molar-refractivity contribution in [2.45, 2.75) is 6.92 Å². The van der Waals surface area contributed by atoms with Crippen LogP contribution in [0.5, 0.6) is 5.75 Å². The van der Waals surface area contributed by atoms with Crippen molar-refractivity contribution in [2.75, 3.05) is 5.32 Å². The number of carbonyl (C=O) groups is 1. The Hall–Kier alpha value is -0.840. The molecule has 2 aromatic rings. The average Bonchev–Trinajstić information content (AvgIpc) is 2.50. The molecule has 116 valence electrons. The number of halogens is 5. The van der Waals surface area contributed by atoms with Gasteiger partial charge in [0.1, 0.15) is 10.0 Å². The summed E-state index contributed by atoms with van der Waals surface area (Å²) >= 11 is 29.7. The van der Waals surface area contributed by atoms with Crippen molar-refractivity contribution in [2.24, 2.45) is 0 Å². The lowest BCUT2D eigenvalue weighted by molar-refractivity contribution is 0.215. The molecule has 0 bridgehead atoms. The van der Waals surface area contributed by atoms with Crippen molar-refractivity contribution in [1.82, 2.24) is 0 Å². The van der Waals surface area contributed by atoms with Crippen LogP contribution in [0.4, 0.5) is 10.5 Å². The lowest BCUT2D eigenvalue weighted by atomic mass is 10.2. The zero-order valence-corrected chi connectivity index (χ0v) is 14.8. The number of hydrogen-bond donors (Lipinski definition) is 1. The zero-order valence-electron chi connectivity index (χ0n) is 11.0. The third kappa shape index (κ3) is 3.55. The van der Waals surface area contributed by atoms with Crippen LogP contribution in [0.1, 0.15) is 5.56 Å². The van der Waals surface area contributed by atoms with Crippen molar-refractivity contribution in [3.05, 3.63) is 54.9 Å². The summed E-state index contributed by atoms with van der Waals surface area (Å²) in [6, 6.07) is 7.18. The summed E-state index contributed by atoms with van der Waals surface area (Å²) in [5.41, 5.74) is 1.45. The molecular formula is C14H8Cl5NO2. The number of nitrogens with one attached hydrogen (secondary N) is 1. The van der Waals surface area contributed by atoms with Gasteiger partial charge in [-0.2, -0.15) is 0 Å². The van der Waals surface area contributed by atoms with E-state index in [1.54, 1.807) is 12.1 Å². The van der Waals surface area contributed by atoms with Gasteiger partial charge in [-0.25, -0.2) is 4.79 Å². The van der Waals surface area contributed by atoms with Crippen LogP contribution in [-0.4, -0.2) is 6.09 Å². The molecule has 0 saturated carbocycles. The smallest absolute Gasteiger partial charge is 0.407 e. The number of ether oxygens (including phenoxy) is 1. The number of benzene rings is 2. The van der Waals surface area contributed by atoms with Gasteiger partial charge in [0.05, 0.1) is 15.1 Å². The van der Waals surface area contributed by atoms with Crippen LogP contribution in [0.3, 0.4) is 0 Å². The molecule has 0 aromatic heterocycles. The van der Waals surface area contributed by atoms with Crippen LogP contribution in [0.25, 0.3) is 0 Å². The van der Waals surface area contributed by atoms with Gasteiger partial charge in [-0.15, -0.1) is 0 Å². The van der Waals surface area contributed by atoms with Crippen LogP contribution < -0.4 is 10.1 Å². The van der Waals surface area contributed by atoms with Crippen molar-refractivity contribution < 1.29 is 9.53 Å². The van der Waals surface area contributed by atoms with E-state index in [0.29, 0.717) is 5.69 Å². The number of rotatable bonds is 2. The van der Waals surface area contributed by atoms with E-state index < -0.39 is 6.09 Å². The van der Waals surface area contributed by atoms with Gasteiger partial charge in [-0.05, 0) is 18.6 Å². The van der Waals surface area contributed by atoms with E-state index in [9.17, 15) is 4.79 Å². The van der Waals surface area contributed by atoms with E-state index in [1.165, 1.54) is 0 Å². The molecule has 2 aromatic carbocycles. The molecule has 0 fully saturated rings. The maximum atomic E-state index is 12.0. The first kappa shape index (κ1) is 17.5. The molecule has 0 spiro atoms. The maximum absolute atomic E-state index is 12.0. The number of anilines is 1. The Morgan fingerprint density at radius 2 is 1.41 bits per heavy atom. The lowest BCUT2D eigenvalue weighted by Gasteiger charge is -2.13. The molecule has 1 N–H and O–H groups in total. The molecule has 1 amide bonds. The summed E-state index contributed by atoms with van der Waals surface area (Å²) in [5.74, 6) is -0.159. The summed E-state index contributed by atoms with van der Waals surface area (Å²) in [6.07, 6.45) is -0.785. The van der Waals surface area contributed by atoms with Crippen LogP contribution >= 0.6 is 58.0 Å². The first-order valence-electron chi connectivity index (χ1n) is 5.88. The number of para-hydroxylation sites is 1. The molecule has 0 unspecified atom stereocenters. The number of carbonyl (C=O) groups excluding carboxylic acids is 1. The molecule has 0 aliphatic heterocycles. The zero-order chi connectivity index (χ0) is 16.4. The van der Waals surface area contributed by atoms with Crippen molar-refractivity contribution in [1.29, 1.82) is 0 Å². The fraction of sp³-hybridized carbons (Fsp3) is 0.0714. The highest BCUT2D eigenvalue weighted by atomic mass is 35.5. The van der Waals surface area contributed by atoms with E-state index in [4.69, 9.17) is 62.7 Å². The Balaban J connectivity index is 2.28. The van der Waals surface area contributed by atoms with Crippen molar-refractivity contribution in [3.63, 3.8) is 0 Å². The second-order valence-corrected chi connectivity index (χ2v) is 6.12. The number of hydrogen-bond acceptors (Lipinski definition) is 2. The van der Waals surface area contributed by atoms with Gasteiger partial charge in [0.2, 0.25) is 0 Å². The quantitative estimate of drug-likeness (QED) is 0.442. The third-order valence-electron chi connectivity index (χ3n) is 2.75.